The maximum atomic E-state index is 14.8. The van der Waals surface area contributed by atoms with E-state index in [9.17, 15) is 18.0 Å². The molecule has 0 unspecified atom stereocenters. The van der Waals surface area contributed by atoms with Crippen LogP contribution in [0.4, 0.5) is 18.9 Å². The van der Waals surface area contributed by atoms with Crippen LogP contribution in [0.5, 0.6) is 0 Å². The molecule has 1 saturated heterocycles. The molecule has 2 aromatic rings. The molecular formula is C19H17BrF3N3OS. The van der Waals surface area contributed by atoms with Gasteiger partial charge in [0.15, 0.2) is 5.67 Å². The highest BCUT2D eigenvalue weighted by atomic mass is 79.9. The Hall–Kier alpha value is -2.00. The van der Waals surface area contributed by atoms with Gasteiger partial charge in [-0.15, -0.1) is 0 Å². The van der Waals surface area contributed by atoms with Gasteiger partial charge in [-0.25, -0.2) is 18.2 Å². The minimum atomic E-state index is -2.01. The number of alkyl halides is 2. The summed E-state index contributed by atoms with van der Waals surface area (Å²) in [5.74, 6) is -1.20. The number of pyridine rings is 1. The van der Waals surface area contributed by atoms with E-state index in [1.54, 1.807) is 6.07 Å². The smallest absolute Gasteiger partial charge is 0.274 e. The molecule has 1 amide bonds. The Morgan fingerprint density at radius 3 is 2.71 bits per heavy atom. The first-order valence-electron chi connectivity index (χ1n) is 8.41. The summed E-state index contributed by atoms with van der Waals surface area (Å²) >= 11 is 8.24. The number of amides is 1. The lowest BCUT2D eigenvalue weighted by Gasteiger charge is -2.44. The molecule has 28 heavy (non-hydrogen) atoms. The summed E-state index contributed by atoms with van der Waals surface area (Å²) in [5, 5.41) is 5.22. The molecule has 4 nitrogen and oxygen atoms in total. The molecule has 0 radical (unpaired) electrons. The number of nitrogens with one attached hydrogen (secondary N) is 2. The van der Waals surface area contributed by atoms with Crippen molar-refractivity contribution in [3.8, 4) is 0 Å². The number of hydrogen-bond acceptors (Lipinski definition) is 3. The molecule has 2 heterocycles. The van der Waals surface area contributed by atoms with Crippen LogP contribution in [0.3, 0.4) is 0 Å². The summed E-state index contributed by atoms with van der Waals surface area (Å²) in [6.45, 7) is 2.60. The minimum absolute atomic E-state index is 0.0561. The Morgan fingerprint density at radius 1 is 1.36 bits per heavy atom. The number of thiocarbonyl (C=S) groups is 1. The number of anilines is 1. The first-order chi connectivity index (χ1) is 13.0. The van der Waals surface area contributed by atoms with E-state index in [4.69, 9.17) is 12.2 Å². The van der Waals surface area contributed by atoms with Crippen molar-refractivity contribution in [3.63, 3.8) is 0 Å². The van der Waals surface area contributed by atoms with Crippen LogP contribution in [0.1, 0.15) is 36.3 Å². The third-order valence-corrected chi connectivity index (χ3v) is 5.78. The van der Waals surface area contributed by atoms with Crippen LogP contribution in [-0.2, 0) is 5.54 Å². The van der Waals surface area contributed by atoms with Crippen molar-refractivity contribution in [2.24, 2.45) is 0 Å². The topological polar surface area (TPSA) is 54.0 Å². The van der Waals surface area contributed by atoms with Crippen molar-refractivity contribution in [3.05, 3.63) is 58.1 Å². The van der Waals surface area contributed by atoms with Gasteiger partial charge in [-0.05, 0) is 60.1 Å². The van der Waals surface area contributed by atoms with Crippen LogP contribution >= 0.6 is 28.1 Å². The fourth-order valence-electron chi connectivity index (χ4n) is 3.02. The molecule has 0 bridgehead atoms. The molecule has 148 valence electrons. The molecule has 3 rings (SSSR count). The van der Waals surface area contributed by atoms with Crippen molar-refractivity contribution >= 4 is 44.7 Å². The third kappa shape index (κ3) is 3.91. The van der Waals surface area contributed by atoms with Crippen LogP contribution in [0.15, 0.2) is 41.0 Å². The summed E-state index contributed by atoms with van der Waals surface area (Å²) in [6.07, 6.45) is -0.753. The van der Waals surface area contributed by atoms with Gasteiger partial charge in [0.05, 0.1) is 5.54 Å². The average Bonchev–Trinajstić information content (AvgIpc) is 2.62. The maximum Gasteiger partial charge on any atom is 0.274 e. The standard InChI is InChI=1S/C19H17BrF3N3OS/c1-18(23)8-15(22)19(2,26-17(18)28)12-7-11(4-5-13(12)21)25-16(27)14-6-3-10(20)9-24-14/h3-7,9,15H,8H2,1-2H3,(H,25,27)(H,26,28)/t15-,18-,19+/m0/s1. The average molecular weight is 472 g/mol. The fraction of sp³-hybridized carbons (Fsp3) is 0.316. The molecule has 0 spiro atoms. The van der Waals surface area contributed by atoms with Gasteiger partial charge in [0.1, 0.15) is 22.7 Å². The number of benzene rings is 1. The minimum Gasteiger partial charge on any atom is -0.365 e. The van der Waals surface area contributed by atoms with Gasteiger partial charge in [0.25, 0.3) is 5.91 Å². The van der Waals surface area contributed by atoms with Crippen LogP contribution in [0.25, 0.3) is 0 Å². The van der Waals surface area contributed by atoms with E-state index < -0.39 is 35.5 Å². The number of piperidine rings is 1. The van der Waals surface area contributed by atoms with E-state index in [1.807, 2.05) is 0 Å². The van der Waals surface area contributed by atoms with Gasteiger partial charge in [-0.1, -0.05) is 12.2 Å². The largest absolute Gasteiger partial charge is 0.365 e. The van der Waals surface area contributed by atoms with E-state index in [0.717, 1.165) is 6.07 Å². The van der Waals surface area contributed by atoms with Crippen LogP contribution in [0.2, 0.25) is 0 Å². The predicted octanol–water partition coefficient (Wildman–Crippen LogP) is 4.84. The molecule has 0 saturated carbocycles. The van der Waals surface area contributed by atoms with E-state index in [1.165, 1.54) is 38.2 Å². The molecule has 2 N–H and O–H groups in total. The number of hydrogen-bond donors (Lipinski definition) is 2. The van der Waals surface area contributed by atoms with Crippen LogP contribution in [-0.4, -0.2) is 27.7 Å². The number of carbonyl (C=O) groups is 1. The molecule has 0 aliphatic carbocycles. The Balaban J connectivity index is 1.90. The number of aromatic nitrogens is 1. The zero-order valence-corrected chi connectivity index (χ0v) is 17.4. The van der Waals surface area contributed by atoms with Crippen LogP contribution in [0, 0.1) is 5.82 Å². The molecule has 1 aliphatic rings. The molecule has 1 fully saturated rings. The molecular weight excluding hydrogens is 455 g/mol. The van der Waals surface area contributed by atoms with Gasteiger partial charge < -0.3 is 10.6 Å². The van der Waals surface area contributed by atoms with Gasteiger partial charge in [0.2, 0.25) is 0 Å². The summed E-state index contributed by atoms with van der Waals surface area (Å²) in [4.78, 5) is 16.1. The molecule has 1 aromatic carbocycles. The highest BCUT2D eigenvalue weighted by molar-refractivity contribution is 9.10. The van der Waals surface area contributed by atoms with Crippen molar-refractivity contribution in [1.29, 1.82) is 0 Å². The lowest BCUT2D eigenvalue weighted by molar-refractivity contribution is 0.0857. The van der Waals surface area contributed by atoms with Gasteiger partial charge in [-0.2, -0.15) is 0 Å². The van der Waals surface area contributed by atoms with Crippen molar-refractivity contribution in [2.75, 3.05) is 5.32 Å². The normalized spacial score (nSPS) is 27.2. The van der Waals surface area contributed by atoms with Gasteiger partial charge >= 0.3 is 0 Å². The second kappa shape index (κ2) is 7.44. The Labute approximate surface area is 174 Å². The lowest BCUT2D eigenvalue weighted by Crippen LogP contribution is -2.61. The summed E-state index contributed by atoms with van der Waals surface area (Å²) in [6, 6.07) is 6.97. The number of nitrogens with zero attached hydrogens (tertiary/aromatic N) is 1. The highest BCUT2D eigenvalue weighted by Gasteiger charge is 2.50. The van der Waals surface area contributed by atoms with Gasteiger partial charge in [-0.3, -0.25) is 4.79 Å². The first-order valence-corrected chi connectivity index (χ1v) is 9.61. The quantitative estimate of drug-likeness (QED) is 0.629. The SMILES string of the molecule is C[C@]1(F)C[C@H](F)[C@@](C)(c2cc(NC(=O)c3ccc(Br)cn3)ccc2F)NC1=S. The molecule has 3 atom stereocenters. The number of carbonyl (C=O) groups excluding carboxylic acids is 1. The summed E-state index contributed by atoms with van der Waals surface area (Å²) in [5.41, 5.74) is -3.22. The fourth-order valence-corrected chi connectivity index (χ4v) is 3.55. The van der Waals surface area contributed by atoms with Gasteiger partial charge in [0, 0.05) is 28.3 Å². The lowest BCUT2D eigenvalue weighted by atomic mass is 9.78. The van der Waals surface area contributed by atoms with E-state index in [0.29, 0.717) is 4.47 Å². The molecule has 9 heteroatoms. The van der Waals surface area contributed by atoms with Crippen molar-refractivity contribution in [1.82, 2.24) is 10.3 Å². The second-order valence-corrected chi connectivity index (χ2v) is 8.36. The molecule has 1 aromatic heterocycles. The van der Waals surface area contributed by atoms with E-state index in [2.05, 4.69) is 31.5 Å². The second-order valence-electron chi connectivity index (χ2n) is 7.04. The number of rotatable bonds is 3. The monoisotopic (exact) mass is 471 g/mol. The Bertz CT molecular complexity index is 939. The van der Waals surface area contributed by atoms with Crippen molar-refractivity contribution < 1.29 is 18.0 Å². The zero-order chi connectivity index (χ0) is 20.7. The van der Waals surface area contributed by atoms with Crippen LogP contribution < -0.4 is 10.6 Å². The van der Waals surface area contributed by atoms with Crippen molar-refractivity contribution in [2.45, 2.75) is 37.6 Å². The van der Waals surface area contributed by atoms with E-state index in [-0.39, 0.29) is 21.9 Å². The maximum absolute atomic E-state index is 14.8. The number of halogens is 4. The Morgan fingerprint density at radius 2 is 2.07 bits per heavy atom. The molecule has 1 aliphatic heterocycles. The van der Waals surface area contributed by atoms with E-state index >= 15 is 0 Å². The first kappa shape index (κ1) is 20.7. The summed E-state index contributed by atoms with van der Waals surface area (Å²) < 4.78 is 44.4. The predicted molar refractivity (Wildman–Crippen MR) is 108 cm³/mol. The zero-order valence-electron chi connectivity index (χ0n) is 15.0. The highest BCUT2D eigenvalue weighted by Crippen LogP contribution is 2.40. The Kier molecular flexibility index (Phi) is 5.51. The summed E-state index contributed by atoms with van der Waals surface area (Å²) in [7, 11) is 0. The third-order valence-electron chi connectivity index (χ3n) is 4.78.